The highest BCUT2D eigenvalue weighted by molar-refractivity contribution is 6.02. The summed E-state index contributed by atoms with van der Waals surface area (Å²) in [4.78, 5) is 25.4. The molecule has 0 saturated heterocycles. The SMILES string of the molecule is COC(=O)c1ccccc1NC(=O)C(Oc1ccc(OC2CCCCC2)cc1)c1ccccc1. The molecule has 0 aliphatic heterocycles. The van der Waals surface area contributed by atoms with Crippen molar-refractivity contribution in [1.82, 2.24) is 0 Å². The lowest BCUT2D eigenvalue weighted by molar-refractivity contribution is -0.123. The largest absolute Gasteiger partial charge is 0.490 e. The number of carbonyl (C=O) groups is 2. The number of para-hydroxylation sites is 1. The highest BCUT2D eigenvalue weighted by Gasteiger charge is 2.25. The van der Waals surface area contributed by atoms with Gasteiger partial charge in [0.15, 0.2) is 0 Å². The summed E-state index contributed by atoms with van der Waals surface area (Å²) in [6.07, 6.45) is 5.20. The summed E-state index contributed by atoms with van der Waals surface area (Å²) in [7, 11) is 1.30. The predicted octanol–water partition coefficient (Wildman–Crippen LogP) is 5.94. The lowest BCUT2D eigenvalue weighted by Crippen LogP contribution is -2.26. The Balaban J connectivity index is 1.51. The van der Waals surface area contributed by atoms with Gasteiger partial charge in [-0.05, 0) is 62.1 Å². The summed E-state index contributed by atoms with van der Waals surface area (Å²) < 4.78 is 17.0. The van der Waals surface area contributed by atoms with Gasteiger partial charge in [0, 0.05) is 5.56 Å². The third-order valence-corrected chi connectivity index (χ3v) is 5.86. The zero-order chi connectivity index (χ0) is 23.8. The van der Waals surface area contributed by atoms with E-state index in [2.05, 4.69) is 5.32 Å². The summed E-state index contributed by atoms with van der Waals surface area (Å²) in [5.41, 5.74) is 1.33. The molecule has 0 aromatic heterocycles. The molecule has 1 aliphatic rings. The highest BCUT2D eigenvalue weighted by Crippen LogP contribution is 2.28. The number of esters is 1. The Labute approximate surface area is 199 Å². The Hall–Kier alpha value is -3.80. The van der Waals surface area contributed by atoms with Crippen LogP contribution in [0.15, 0.2) is 78.9 Å². The minimum Gasteiger partial charge on any atom is -0.490 e. The van der Waals surface area contributed by atoms with Gasteiger partial charge in [-0.2, -0.15) is 0 Å². The monoisotopic (exact) mass is 459 g/mol. The van der Waals surface area contributed by atoms with Crippen LogP contribution in [-0.2, 0) is 9.53 Å². The number of rotatable bonds is 8. The van der Waals surface area contributed by atoms with Crippen molar-refractivity contribution >= 4 is 17.6 Å². The highest BCUT2D eigenvalue weighted by atomic mass is 16.5. The van der Waals surface area contributed by atoms with Crippen LogP contribution >= 0.6 is 0 Å². The summed E-state index contributed by atoms with van der Waals surface area (Å²) >= 11 is 0. The fraction of sp³-hybridized carbons (Fsp3) is 0.286. The molecule has 1 unspecified atom stereocenters. The summed E-state index contributed by atoms with van der Waals surface area (Å²) in [5.74, 6) is 0.417. The molecule has 1 atom stereocenters. The first-order valence-electron chi connectivity index (χ1n) is 11.6. The lowest BCUT2D eigenvalue weighted by atomic mass is 9.98. The summed E-state index contributed by atoms with van der Waals surface area (Å²) in [5, 5.41) is 2.82. The zero-order valence-electron chi connectivity index (χ0n) is 19.2. The Morgan fingerprint density at radius 3 is 2.18 bits per heavy atom. The van der Waals surface area contributed by atoms with E-state index >= 15 is 0 Å². The van der Waals surface area contributed by atoms with Crippen molar-refractivity contribution < 1.29 is 23.8 Å². The molecular weight excluding hydrogens is 430 g/mol. The molecule has 6 heteroatoms. The van der Waals surface area contributed by atoms with Gasteiger partial charge in [0.2, 0.25) is 6.10 Å². The van der Waals surface area contributed by atoms with Crippen LogP contribution in [0.25, 0.3) is 0 Å². The average Bonchev–Trinajstić information content (AvgIpc) is 2.89. The maximum atomic E-state index is 13.3. The maximum absolute atomic E-state index is 13.3. The van der Waals surface area contributed by atoms with Crippen molar-refractivity contribution in [2.45, 2.75) is 44.3 Å². The first-order chi connectivity index (χ1) is 16.6. The molecule has 34 heavy (non-hydrogen) atoms. The number of anilines is 1. The van der Waals surface area contributed by atoms with Crippen LogP contribution in [0, 0.1) is 0 Å². The number of nitrogens with one attached hydrogen (secondary N) is 1. The Morgan fingerprint density at radius 2 is 1.47 bits per heavy atom. The smallest absolute Gasteiger partial charge is 0.339 e. The lowest BCUT2D eigenvalue weighted by Gasteiger charge is -2.23. The van der Waals surface area contributed by atoms with Gasteiger partial charge in [0.25, 0.3) is 5.91 Å². The molecule has 0 bridgehead atoms. The molecule has 6 nitrogen and oxygen atoms in total. The number of carbonyl (C=O) groups excluding carboxylic acids is 2. The third kappa shape index (κ3) is 5.95. The molecular formula is C28H29NO5. The van der Waals surface area contributed by atoms with Crippen molar-refractivity contribution in [2.75, 3.05) is 12.4 Å². The van der Waals surface area contributed by atoms with Crippen LogP contribution < -0.4 is 14.8 Å². The molecule has 1 fully saturated rings. The number of ether oxygens (including phenoxy) is 3. The Kier molecular flexibility index (Phi) is 7.81. The van der Waals surface area contributed by atoms with Gasteiger partial charge in [-0.15, -0.1) is 0 Å². The molecule has 3 aromatic carbocycles. The Morgan fingerprint density at radius 1 is 0.824 bits per heavy atom. The van der Waals surface area contributed by atoms with E-state index < -0.39 is 18.0 Å². The number of hydrogen-bond acceptors (Lipinski definition) is 5. The third-order valence-electron chi connectivity index (χ3n) is 5.86. The van der Waals surface area contributed by atoms with Crippen molar-refractivity contribution in [1.29, 1.82) is 0 Å². The normalized spacial score (nSPS) is 14.6. The minimum atomic E-state index is -0.919. The zero-order valence-corrected chi connectivity index (χ0v) is 19.2. The van der Waals surface area contributed by atoms with Crippen molar-refractivity contribution in [3.05, 3.63) is 90.0 Å². The van der Waals surface area contributed by atoms with Gasteiger partial charge >= 0.3 is 5.97 Å². The van der Waals surface area contributed by atoms with E-state index in [9.17, 15) is 9.59 Å². The second-order valence-corrected chi connectivity index (χ2v) is 8.28. The van der Waals surface area contributed by atoms with E-state index in [1.54, 1.807) is 24.3 Å². The standard InChI is InChI=1S/C28H29NO5/c1-32-28(31)24-14-8-9-15-25(24)29-27(30)26(20-10-4-2-5-11-20)34-23-18-16-22(17-19-23)33-21-12-6-3-7-13-21/h2,4-5,8-11,14-19,21,26H,3,6-7,12-13H2,1H3,(H,29,30). The average molecular weight is 460 g/mol. The first-order valence-corrected chi connectivity index (χ1v) is 11.6. The van der Waals surface area contributed by atoms with E-state index in [0.717, 1.165) is 18.6 Å². The van der Waals surface area contributed by atoms with E-state index in [-0.39, 0.29) is 11.7 Å². The number of methoxy groups -OCH3 is 1. The van der Waals surface area contributed by atoms with Gasteiger partial charge in [-0.3, -0.25) is 4.79 Å². The molecule has 0 spiro atoms. The second-order valence-electron chi connectivity index (χ2n) is 8.28. The van der Waals surface area contributed by atoms with Crippen molar-refractivity contribution in [3.8, 4) is 11.5 Å². The second kappa shape index (κ2) is 11.4. The van der Waals surface area contributed by atoms with Gasteiger partial charge in [0.05, 0.1) is 24.5 Å². The molecule has 176 valence electrons. The molecule has 1 saturated carbocycles. The van der Waals surface area contributed by atoms with Crippen molar-refractivity contribution in [3.63, 3.8) is 0 Å². The van der Waals surface area contributed by atoms with E-state index in [0.29, 0.717) is 17.0 Å². The minimum absolute atomic E-state index is 0.262. The molecule has 1 N–H and O–H groups in total. The number of amides is 1. The maximum Gasteiger partial charge on any atom is 0.339 e. The van der Waals surface area contributed by atoms with Gasteiger partial charge in [-0.1, -0.05) is 48.9 Å². The fourth-order valence-corrected chi connectivity index (χ4v) is 4.09. The summed E-state index contributed by atoms with van der Waals surface area (Å²) in [6.45, 7) is 0. The topological polar surface area (TPSA) is 73.9 Å². The van der Waals surface area contributed by atoms with Gasteiger partial charge in [0.1, 0.15) is 11.5 Å². The number of benzene rings is 3. The Bertz CT molecular complexity index is 1090. The van der Waals surface area contributed by atoms with Crippen LogP contribution in [0.1, 0.15) is 54.1 Å². The predicted molar refractivity (Wildman–Crippen MR) is 130 cm³/mol. The van der Waals surface area contributed by atoms with Gasteiger partial charge in [-0.25, -0.2) is 4.79 Å². The molecule has 1 aliphatic carbocycles. The van der Waals surface area contributed by atoms with Gasteiger partial charge < -0.3 is 19.5 Å². The van der Waals surface area contributed by atoms with Crippen LogP contribution in [0.4, 0.5) is 5.69 Å². The van der Waals surface area contributed by atoms with Crippen molar-refractivity contribution in [2.24, 2.45) is 0 Å². The molecule has 3 aromatic rings. The molecule has 4 rings (SSSR count). The first kappa shape index (κ1) is 23.4. The van der Waals surface area contributed by atoms with Crippen LogP contribution in [0.2, 0.25) is 0 Å². The van der Waals surface area contributed by atoms with Crippen LogP contribution in [-0.4, -0.2) is 25.1 Å². The molecule has 1 amide bonds. The van der Waals surface area contributed by atoms with E-state index in [1.165, 1.54) is 26.4 Å². The fourth-order valence-electron chi connectivity index (χ4n) is 4.09. The molecule has 0 radical (unpaired) electrons. The molecule has 0 heterocycles. The van der Waals surface area contributed by atoms with E-state index in [4.69, 9.17) is 14.2 Å². The van der Waals surface area contributed by atoms with E-state index in [1.807, 2.05) is 54.6 Å². The number of hydrogen-bond donors (Lipinski definition) is 1. The van der Waals surface area contributed by atoms with Crippen LogP contribution in [0.3, 0.4) is 0 Å². The quantitative estimate of drug-likeness (QED) is 0.422. The van der Waals surface area contributed by atoms with Crippen LogP contribution in [0.5, 0.6) is 11.5 Å². The summed E-state index contributed by atoms with van der Waals surface area (Å²) in [6, 6.07) is 23.3.